The van der Waals surface area contributed by atoms with Crippen molar-refractivity contribution >= 4 is 15.9 Å². The highest BCUT2D eigenvalue weighted by molar-refractivity contribution is 9.10. The number of aryl methyl sites for hydroxylation is 1. The van der Waals surface area contributed by atoms with Gasteiger partial charge in [0.15, 0.2) is 0 Å². The maximum absolute atomic E-state index is 14.0. The lowest BCUT2D eigenvalue weighted by Crippen LogP contribution is -2.23. The molecule has 0 aliphatic rings. The molecule has 0 saturated carbocycles. The van der Waals surface area contributed by atoms with Crippen molar-refractivity contribution in [3.05, 3.63) is 57.5 Å². The van der Waals surface area contributed by atoms with E-state index in [4.69, 9.17) is 4.42 Å². The van der Waals surface area contributed by atoms with Crippen LogP contribution in [0.4, 0.5) is 8.78 Å². The Balaban J connectivity index is 2.31. The normalized spacial score (nSPS) is 12.7. The van der Waals surface area contributed by atoms with Crippen LogP contribution < -0.4 is 5.32 Å². The molecule has 1 atom stereocenters. The number of nitrogens with one attached hydrogen (secondary N) is 1. The Morgan fingerprint density at radius 2 is 2.10 bits per heavy atom. The SMILES string of the molecule is CCNC(Cc1c(F)ccc(Br)c1F)c1coc(C)c1. The third kappa shape index (κ3) is 3.27. The predicted molar refractivity (Wildman–Crippen MR) is 77.6 cm³/mol. The van der Waals surface area contributed by atoms with Gasteiger partial charge in [0.25, 0.3) is 0 Å². The lowest BCUT2D eigenvalue weighted by molar-refractivity contribution is 0.487. The zero-order valence-electron chi connectivity index (χ0n) is 11.3. The Kier molecular flexibility index (Phi) is 4.94. The number of furan rings is 1. The summed E-state index contributed by atoms with van der Waals surface area (Å²) in [5.41, 5.74) is 0.965. The van der Waals surface area contributed by atoms with Crippen LogP contribution in [0.25, 0.3) is 0 Å². The summed E-state index contributed by atoms with van der Waals surface area (Å²) in [6, 6.07) is 4.34. The molecule has 2 rings (SSSR count). The topological polar surface area (TPSA) is 25.2 Å². The van der Waals surface area contributed by atoms with Crippen LogP contribution in [0, 0.1) is 18.6 Å². The molecule has 1 aromatic carbocycles. The minimum absolute atomic E-state index is 0.0733. The van der Waals surface area contributed by atoms with Crippen molar-refractivity contribution in [2.75, 3.05) is 6.54 Å². The van der Waals surface area contributed by atoms with E-state index in [9.17, 15) is 8.78 Å². The number of hydrogen-bond acceptors (Lipinski definition) is 2. The number of rotatable bonds is 5. The van der Waals surface area contributed by atoms with Crippen molar-refractivity contribution in [2.45, 2.75) is 26.3 Å². The largest absolute Gasteiger partial charge is 0.469 e. The highest BCUT2D eigenvalue weighted by Crippen LogP contribution is 2.27. The first-order chi connectivity index (χ1) is 9.52. The second kappa shape index (κ2) is 6.50. The number of hydrogen-bond donors (Lipinski definition) is 1. The van der Waals surface area contributed by atoms with E-state index >= 15 is 0 Å². The first-order valence-electron chi connectivity index (χ1n) is 6.43. The summed E-state index contributed by atoms with van der Waals surface area (Å²) in [7, 11) is 0. The van der Waals surface area contributed by atoms with Gasteiger partial charge in [-0.05, 0) is 54.0 Å². The van der Waals surface area contributed by atoms with Gasteiger partial charge in [-0.25, -0.2) is 8.78 Å². The number of halogens is 3. The maximum Gasteiger partial charge on any atom is 0.143 e. The summed E-state index contributed by atoms with van der Waals surface area (Å²) in [5, 5.41) is 3.23. The average molecular weight is 344 g/mol. The Bertz CT molecular complexity index is 598. The van der Waals surface area contributed by atoms with Crippen LogP contribution >= 0.6 is 15.9 Å². The molecule has 0 saturated heterocycles. The van der Waals surface area contributed by atoms with Gasteiger partial charge in [-0.3, -0.25) is 0 Å². The first-order valence-corrected chi connectivity index (χ1v) is 7.23. The molecule has 0 aliphatic carbocycles. The maximum atomic E-state index is 14.0. The minimum atomic E-state index is -0.548. The Hall–Kier alpha value is -1.20. The fraction of sp³-hybridized carbons (Fsp3) is 0.333. The van der Waals surface area contributed by atoms with Crippen LogP contribution in [0.15, 0.2) is 33.4 Å². The molecule has 0 bridgehead atoms. The van der Waals surface area contributed by atoms with Crippen LogP contribution in [-0.2, 0) is 6.42 Å². The standard InChI is InChI=1S/C15H16BrF2NO/c1-3-19-14(10-6-9(2)20-8-10)7-11-13(17)5-4-12(16)15(11)18/h4-6,8,14,19H,3,7H2,1-2H3. The fourth-order valence-corrected chi connectivity index (χ4v) is 2.53. The Morgan fingerprint density at radius 3 is 2.70 bits per heavy atom. The van der Waals surface area contributed by atoms with E-state index in [0.717, 1.165) is 11.3 Å². The predicted octanol–water partition coefficient (Wildman–Crippen LogP) is 4.52. The third-order valence-electron chi connectivity index (χ3n) is 3.15. The van der Waals surface area contributed by atoms with Crippen molar-refractivity contribution in [3.63, 3.8) is 0 Å². The molecule has 5 heteroatoms. The summed E-state index contributed by atoms with van der Waals surface area (Å²) in [6.07, 6.45) is 1.85. The van der Waals surface area contributed by atoms with Gasteiger partial charge in [-0.1, -0.05) is 6.92 Å². The van der Waals surface area contributed by atoms with E-state index in [0.29, 0.717) is 6.54 Å². The van der Waals surface area contributed by atoms with Gasteiger partial charge in [0.2, 0.25) is 0 Å². The van der Waals surface area contributed by atoms with Gasteiger partial charge in [0.1, 0.15) is 17.4 Å². The molecule has 0 amide bonds. The molecule has 20 heavy (non-hydrogen) atoms. The van der Waals surface area contributed by atoms with Gasteiger partial charge < -0.3 is 9.73 Å². The molecule has 0 fully saturated rings. The lowest BCUT2D eigenvalue weighted by Gasteiger charge is -2.17. The van der Waals surface area contributed by atoms with E-state index in [1.54, 1.807) is 6.26 Å². The molecule has 108 valence electrons. The van der Waals surface area contributed by atoms with Crippen molar-refractivity contribution in [1.82, 2.24) is 5.32 Å². The van der Waals surface area contributed by atoms with Crippen LogP contribution in [0.1, 0.15) is 29.9 Å². The van der Waals surface area contributed by atoms with Crippen LogP contribution in [0.3, 0.4) is 0 Å². The number of likely N-dealkylation sites (N-methyl/N-ethyl adjacent to an activating group) is 1. The second-order valence-electron chi connectivity index (χ2n) is 4.63. The zero-order valence-corrected chi connectivity index (χ0v) is 12.9. The quantitative estimate of drug-likeness (QED) is 0.807. The molecule has 0 spiro atoms. The summed E-state index contributed by atoms with van der Waals surface area (Å²) in [5.74, 6) is -0.306. The van der Waals surface area contributed by atoms with E-state index in [1.165, 1.54) is 12.1 Å². The lowest BCUT2D eigenvalue weighted by atomic mass is 10.00. The molecule has 0 radical (unpaired) electrons. The minimum Gasteiger partial charge on any atom is -0.469 e. The van der Waals surface area contributed by atoms with Crippen molar-refractivity contribution in [1.29, 1.82) is 0 Å². The molecule has 1 aromatic heterocycles. The average Bonchev–Trinajstić information content (AvgIpc) is 2.84. The molecule has 1 heterocycles. The Labute approximate surface area is 125 Å². The van der Waals surface area contributed by atoms with Crippen molar-refractivity contribution in [2.24, 2.45) is 0 Å². The van der Waals surface area contributed by atoms with Crippen LogP contribution in [-0.4, -0.2) is 6.54 Å². The van der Waals surface area contributed by atoms with E-state index in [1.807, 2.05) is 19.9 Å². The summed E-state index contributed by atoms with van der Waals surface area (Å²) in [6.45, 7) is 4.49. The molecule has 1 N–H and O–H groups in total. The molecule has 0 aliphatic heterocycles. The van der Waals surface area contributed by atoms with Crippen molar-refractivity contribution in [3.8, 4) is 0 Å². The van der Waals surface area contributed by atoms with Gasteiger partial charge in [-0.2, -0.15) is 0 Å². The molecular weight excluding hydrogens is 328 g/mol. The highest BCUT2D eigenvalue weighted by atomic mass is 79.9. The zero-order chi connectivity index (χ0) is 14.7. The molecule has 2 nitrogen and oxygen atoms in total. The van der Waals surface area contributed by atoms with Crippen LogP contribution in [0.2, 0.25) is 0 Å². The summed E-state index contributed by atoms with van der Waals surface area (Å²) >= 11 is 3.09. The summed E-state index contributed by atoms with van der Waals surface area (Å²) in [4.78, 5) is 0. The van der Waals surface area contributed by atoms with E-state index in [-0.39, 0.29) is 22.5 Å². The number of benzene rings is 1. The van der Waals surface area contributed by atoms with E-state index < -0.39 is 11.6 Å². The van der Waals surface area contributed by atoms with E-state index in [2.05, 4.69) is 21.2 Å². The highest BCUT2D eigenvalue weighted by Gasteiger charge is 2.19. The third-order valence-corrected chi connectivity index (χ3v) is 3.76. The smallest absolute Gasteiger partial charge is 0.143 e. The second-order valence-corrected chi connectivity index (χ2v) is 5.48. The summed E-state index contributed by atoms with van der Waals surface area (Å²) < 4.78 is 33.4. The van der Waals surface area contributed by atoms with Crippen LogP contribution in [0.5, 0.6) is 0 Å². The van der Waals surface area contributed by atoms with Crippen molar-refractivity contribution < 1.29 is 13.2 Å². The van der Waals surface area contributed by atoms with Gasteiger partial charge >= 0.3 is 0 Å². The Morgan fingerprint density at radius 1 is 1.35 bits per heavy atom. The van der Waals surface area contributed by atoms with Gasteiger partial charge in [0, 0.05) is 17.2 Å². The monoisotopic (exact) mass is 343 g/mol. The first kappa shape index (κ1) is 15.2. The molecular formula is C15H16BrF2NO. The molecule has 2 aromatic rings. The fourth-order valence-electron chi connectivity index (χ4n) is 2.16. The van der Waals surface area contributed by atoms with Gasteiger partial charge in [0.05, 0.1) is 10.7 Å². The van der Waals surface area contributed by atoms with Gasteiger partial charge in [-0.15, -0.1) is 0 Å². The molecule has 1 unspecified atom stereocenters.